The van der Waals surface area contributed by atoms with Crippen LogP contribution in [0, 0.1) is 10.8 Å². The van der Waals surface area contributed by atoms with Crippen LogP contribution < -0.4 is 0 Å². The topological polar surface area (TPSA) is 0 Å². The third-order valence-corrected chi connectivity index (χ3v) is 3.70. The lowest BCUT2D eigenvalue weighted by atomic mass is 9.60. The molecular formula is C15H24. The molecule has 1 aliphatic carbocycles. The molecule has 0 radical (unpaired) electrons. The molecule has 0 aliphatic heterocycles. The molecule has 1 aliphatic rings. The molecule has 0 saturated heterocycles. The summed E-state index contributed by atoms with van der Waals surface area (Å²) in [6.45, 7) is 15.3. The molecule has 0 N–H and O–H groups in total. The van der Waals surface area contributed by atoms with Crippen molar-refractivity contribution in [3.63, 3.8) is 0 Å². The summed E-state index contributed by atoms with van der Waals surface area (Å²) < 4.78 is 0. The highest BCUT2D eigenvalue weighted by Crippen LogP contribution is 2.51. The molecule has 0 unspecified atom stereocenters. The largest absolute Gasteiger partial charge is 0.0991 e. The van der Waals surface area contributed by atoms with E-state index in [1.54, 1.807) is 0 Å². The summed E-state index contributed by atoms with van der Waals surface area (Å²) in [5, 5.41) is 0. The Kier molecular flexibility index (Phi) is 3.28. The Bertz CT molecular complexity index is 311. The van der Waals surface area contributed by atoms with Crippen molar-refractivity contribution in [3.8, 4) is 0 Å². The van der Waals surface area contributed by atoms with Crippen molar-refractivity contribution < 1.29 is 0 Å². The van der Waals surface area contributed by atoms with Crippen LogP contribution in [-0.2, 0) is 0 Å². The summed E-state index contributed by atoms with van der Waals surface area (Å²) in [6.07, 6.45) is 8.92. The zero-order valence-corrected chi connectivity index (χ0v) is 10.9. The van der Waals surface area contributed by atoms with Crippen molar-refractivity contribution in [1.29, 1.82) is 0 Å². The molecule has 0 spiro atoms. The van der Waals surface area contributed by atoms with Crippen molar-refractivity contribution in [3.05, 3.63) is 36.0 Å². The van der Waals surface area contributed by atoms with E-state index >= 15 is 0 Å². The highest BCUT2D eigenvalue weighted by Gasteiger charge is 2.38. The molecule has 0 aromatic carbocycles. The van der Waals surface area contributed by atoms with Gasteiger partial charge in [-0.25, -0.2) is 0 Å². The highest BCUT2D eigenvalue weighted by atomic mass is 14.4. The quantitative estimate of drug-likeness (QED) is 0.570. The molecule has 0 aromatic rings. The minimum absolute atomic E-state index is 0.297. The summed E-state index contributed by atoms with van der Waals surface area (Å²) in [6, 6.07) is 0. The SMILES string of the molecule is C=C/C=C1\C(=C/C)C(C)(C)CCC1(C)C. The van der Waals surface area contributed by atoms with E-state index in [0.29, 0.717) is 10.8 Å². The second-order valence-electron chi connectivity index (χ2n) is 5.79. The van der Waals surface area contributed by atoms with Gasteiger partial charge in [0.1, 0.15) is 0 Å². The zero-order valence-electron chi connectivity index (χ0n) is 10.9. The lowest BCUT2D eigenvalue weighted by molar-refractivity contribution is 0.259. The van der Waals surface area contributed by atoms with E-state index in [0.717, 1.165) is 0 Å². The van der Waals surface area contributed by atoms with Crippen LogP contribution >= 0.6 is 0 Å². The maximum absolute atomic E-state index is 3.83. The lowest BCUT2D eigenvalue weighted by Crippen LogP contribution is -2.31. The van der Waals surface area contributed by atoms with Crippen molar-refractivity contribution in [2.45, 2.75) is 47.5 Å². The first kappa shape index (κ1) is 12.3. The fourth-order valence-electron chi connectivity index (χ4n) is 2.60. The number of allylic oxidation sites excluding steroid dienone is 5. The maximum atomic E-state index is 3.83. The van der Waals surface area contributed by atoms with Crippen LogP contribution in [0.25, 0.3) is 0 Å². The van der Waals surface area contributed by atoms with E-state index in [-0.39, 0.29) is 0 Å². The molecule has 1 rings (SSSR count). The number of hydrogen-bond donors (Lipinski definition) is 0. The summed E-state index contributed by atoms with van der Waals surface area (Å²) in [5.41, 5.74) is 3.58. The predicted molar refractivity (Wildman–Crippen MR) is 68.8 cm³/mol. The minimum Gasteiger partial charge on any atom is -0.0991 e. The van der Waals surface area contributed by atoms with Crippen molar-refractivity contribution in [2.24, 2.45) is 10.8 Å². The van der Waals surface area contributed by atoms with Crippen LogP contribution in [0.3, 0.4) is 0 Å². The second-order valence-corrected chi connectivity index (χ2v) is 5.79. The van der Waals surface area contributed by atoms with E-state index in [9.17, 15) is 0 Å². The standard InChI is InChI=1S/C15H24/c1-7-9-13-12(8-2)14(3,4)10-11-15(13,5)6/h7-9H,1,10-11H2,2-6H3/b12-8+,13-9+. The molecule has 1 fully saturated rings. The molecular weight excluding hydrogens is 180 g/mol. The number of hydrogen-bond acceptors (Lipinski definition) is 0. The zero-order chi connectivity index (χ0) is 11.7. The Balaban J connectivity index is 3.25. The molecule has 1 saturated carbocycles. The van der Waals surface area contributed by atoms with E-state index in [1.807, 2.05) is 6.08 Å². The maximum Gasteiger partial charge on any atom is -0.0100 e. The Morgan fingerprint density at radius 3 is 1.87 bits per heavy atom. The Morgan fingerprint density at radius 2 is 1.47 bits per heavy atom. The third-order valence-electron chi connectivity index (χ3n) is 3.70. The summed E-state index contributed by atoms with van der Waals surface area (Å²) in [7, 11) is 0. The van der Waals surface area contributed by atoms with E-state index < -0.39 is 0 Å². The Labute approximate surface area is 94.8 Å². The van der Waals surface area contributed by atoms with Crippen molar-refractivity contribution >= 4 is 0 Å². The molecule has 84 valence electrons. The van der Waals surface area contributed by atoms with Gasteiger partial charge < -0.3 is 0 Å². The Morgan fingerprint density at radius 1 is 1.00 bits per heavy atom. The van der Waals surface area contributed by atoms with Gasteiger partial charge in [0.15, 0.2) is 0 Å². The van der Waals surface area contributed by atoms with Gasteiger partial charge in [0.2, 0.25) is 0 Å². The summed E-state index contributed by atoms with van der Waals surface area (Å²) in [5.74, 6) is 0. The number of rotatable bonds is 1. The molecule has 0 nitrogen and oxygen atoms in total. The average Bonchev–Trinajstić information content (AvgIpc) is 2.13. The molecule has 0 aromatic heterocycles. The fraction of sp³-hybridized carbons (Fsp3) is 0.600. The highest BCUT2D eigenvalue weighted by molar-refractivity contribution is 5.43. The monoisotopic (exact) mass is 204 g/mol. The van der Waals surface area contributed by atoms with Gasteiger partial charge in [-0.05, 0) is 41.7 Å². The molecule has 0 heteroatoms. The molecule has 0 heterocycles. The first-order valence-corrected chi connectivity index (χ1v) is 5.85. The molecule has 15 heavy (non-hydrogen) atoms. The van der Waals surface area contributed by atoms with Gasteiger partial charge >= 0.3 is 0 Å². The van der Waals surface area contributed by atoms with Crippen LogP contribution in [0.15, 0.2) is 36.0 Å². The first-order valence-electron chi connectivity index (χ1n) is 5.85. The van der Waals surface area contributed by atoms with Gasteiger partial charge in [0, 0.05) is 0 Å². The lowest BCUT2D eigenvalue weighted by Gasteiger charge is -2.44. The van der Waals surface area contributed by atoms with Crippen molar-refractivity contribution in [2.75, 3.05) is 0 Å². The van der Waals surface area contributed by atoms with Gasteiger partial charge in [-0.1, -0.05) is 52.5 Å². The Hall–Kier alpha value is -0.780. The third kappa shape index (κ3) is 2.25. The van der Waals surface area contributed by atoms with Gasteiger partial charge in [-0.3, -0.25) is 0 Å². The van der Waals surface area contributed by atoms with Crippen LogP contribution in [0.1, 0.15) is 47.5 Å². The first-order chi connectivity index (χ1) is 6.85. The summed E-state index contributed by atoms with van der Waals surface area (Å²) >= 11 is 0. The molecule has 0 amide bonds. The average molecular weight is 204 g/mol. The predicted octanol–water partition coefficient (Wildman–Crippen LogP) is 4.89. The van der Waals surface area contributed by atoms with Gasteiger partial charge in [-0.15, -0.1) is 0 Å². The van der Waals surface area contributed by atoms with E-state index in [1.165, 1.54) is 24.0 Å². The van der Waals surface area contributed by atoms with Gasteiger partial charge in [-0.2, -0.15) is 0 Å². The van der Waals surface area contributed by atoms with Crippen LogP contribution in [0.5, 0.6) is 0 Å². The van der Waals surface area contributed by atoms with Gasteiger partial charge in [0.25, 0.3) is 0 Å². The fourth-order valence-corrected chi connectivity index (χ4v) is 2.60. The van der Waals surface area contributed by atoms with Crippen LogP contribution in [0.4, 0.5) is 0 Å². The van der Waals surface area contributed by atoms with E-state index in [4.69, 9.17) is 0 Å². The normalized spacial score (nSPS) is 29.4. The molecule has 0 bridgehead atoms. The van der Waals surface area contributed by atoms with E-state index in [2.05, 4.69) is 53.3 Å². The van der Waals surface area contributed by atoms with Gasteiger partial charge in [0.05, 0.1) is 0 Å². The smallest absolute Gasteiger partial charge is 0.0100 e. The second kappa shape index (κ2) is 4.00. The van der Waals surface area contributed by atoms with Crippen molar-refractivity contribution in [1.82, 2.24) is 0 Å². The van der Waals surface area contributed by atoms with Crippen LogP contribution in [-0.4, -0.2) is 0 Å². The van der Waals surface area contributed by atoms with Crippen LogP contribution in [0.2, 0.25) is 0 Å². The minimum atomic E-state index is 0.297. The summed E-state index contributed by atoms with van der Waals surface area (Å²) in [4.78, 5) is 0. The molecule has 0 atom stereocenters.